The fraction of sp³-hybridized carbons (Fsp3) is 1.00. The molecule has 0 radical (unpaired) electrons. The largest absolute Gasteiger partial charge is 0.383 e. The van der Waals surface area contributed by atoms with Crippen molar-refractivity contribution in [3.8, 4) is 0 Å². The molecule has 1 fully saturated rings. The molecule has 17 heavy (non-hydrogen) atoms. The summed E-state index contributed by atoms with van der Waals surface area (Å²) < 4.78 is 5.31. The third kappa shape index (κ3) is 3.21. The van der Waals surface area contributed by atoms with Crippen molar-refractivity contribution in [2.45, 2.75) is 58.0 Å². The Hall–Kier alpha value is -0.120. The van der Waals surface area contributed by atoms with E-state index in [9.17, 15) is 0 Å². The molecule has 3 heteroatoms. The number of hydrogen-bond donors (Lipinski definition) is 1. The maximum Gasteiger partial charge on any atom is 0.0615 e. The molecule has 3 nitrogen and oxygen atoms in total. The van der Waals surface area contributed by atoms with Gasteiger partial charge in [0.2, 0.25) is 0 Å². The fourth-order valence-corrected chi connectivity index (χ4v) is 3.57. The second-order valence-electron chi connectivity index (χ2n) is 5.54. The number of methoxy groups -OCH3 is 1. The minimum Gasteiger partial charge on any atom is -0.383 e. The minimum absolute atomic E-state index is 0.230. The molecule has 1 rings (SSSR count). The summed E-state index contributed by atoms with van der Waals surface area (Å²) >= 11 is 0. The van der Waals surface area contributed by atoms with E-state index in [0.29, 0.717) is 6.04 Å². The van der Waals surface area contributed by atoms with Crippen molar-refractivity contribution in [1.82, 2.24) is 4.90 Å². The van der Waals surface area contributed by atoms with Crippen LogP contribution in [0.5, 0.6) is 0 Å². The Morgan fingerprint density at radius 1 is 1.47 bits per heavy atom. The van der Waals surface area contributed by atoms with Crippen LogP contribution in [-0.2, 0) is 4.74 Å². The van der Waals surface area contributed by atoms with Crippen LogP contribution in [0.2, 0.25) is 0 Å². The molecule has 0 bridgehead atoms. The highest BCUT2D eigenvalue weighted by atomic mass is 16.5. The van der Waals surface area contributed by atoms with E-state index < -0.39 is 0 Å². The lowest BCUT2D eigenvalue weighted by Gasteiger charge is -2.44. The number of rotatable bonds is 7. The van der Waals surface area contributed by atoms with E-state index in [2.05, 4.69) is 25.7 Å². The summed E-state index contributed by atoms with van der Waals surface area (Å²) in [5.41, 5.74) is 6.34. The Labute approximate surface area is 107 Å². The lowest BCUT2D eigenvalue weighted by atomic mass is 9.91. The summed E-state index contributed by atoms with van der Waals surface area (Å²) in [7, 11) is 1.78. The Morgan fingerprint density at radius 3 is 2.59 bits per heavy atom. The standard InChI is InChI=1S/C14H30N2O/c1-5-13-7-8-14(9-13,11-15)16(6-2)12(3)10-17-4/h12-13H,5-11,15H2,1-4H3. The van der Waals surface area contributed by atoms with Crippen LogP contribution < -0.4 is 5.73 Å². The van der Waals surface area contributed by atoms with Crippen LogP contribution in [0.3, 0.4) is 0 Å². The predicted molar refractivity (Wildman–Crippen MR) is 73.1 cm³/mol. The zero-order valence-corrected chi connectivity index (χ0v) is 12.0. The van der Waals surface area contributed by atoms with Crippen LogP contribution in [0.15, 0.2) is 0 Å². The van der Waals surface area contributed by atoms with E-state index in [1.54, 1.807) is 7.11 Å². The Bertz CT molecular complexity index is 222. The SMILES string of the molecule is CCC1CCC(CN)(N(CC)C(C)COC)C1. The predicted octanol–water partition coefficient (Wildman–Crippen LogP) is 2.25. The fourth-order valence-electron chi connectivity index (χ4n) is 3.57. The highest BCUT2D eigenvalue weighted by Gasteiger charge is 2.43. The molecule has 1 aliphatic carbocycles. The molecule has 2 N–H and O–H groups in total. The summed E-state index contributed by atoms with van der Waals surface area (Å²) in [6.07, 6.45) is 5.15. The van der Waals surface area contributed by atoms with E-state index in [1.165, 1.54) is 25.7 Å². The van der Waals surface area contributed by atoms with Crippen molar-refractivity contribution in [1.29, 1.82) is 0 Å². The summed E-state index contributed by atoms with van der Waals surface area (Å²) in [5, 5.41) is 0. The molecule has 0 saturated heterocycles. The van der Waals surface area contributed by atoms with Crippen molar-refractivity contribution in [2.75, 3.05) is 26.8 Å². The first kappa shape index (κ1) is 14.9. The van der Waals surface area contributed by atoms with Crippen LogP contribution >= 0.6 is 0 Å². The van der Waals surface area contributed by atoms with Gasteiger partial charge in [-0.25, -0.2) is 0 Å². The lowest BCUT2D eigenvalue weighted by molar-refractivity contribution is 0.0210. The van der Waals surface area contributed by atoms with E-state index in [0.717, 1.165) is 25.6 Å². The quantitative estimate of drug-likeness (QED) is 0.744. The van der Waals surface area contributed by atoms with Crippen molar-refractivity contribution in [3.05, 3.63) is 0 Å². The van der Waals surface area contributed by atoms with Crippen LogP contribution in [0.4, 0.5) is 0 Å². The zero-order chi connectivity index (χ0) is 12.9. The molecule has 1 saturated carbocycles. The van der Waals surface area contributed by atoms with Crippen molar-refractivity contribution in [2.24, 2.45) is 11.7 Å². The molecule has 0 amide bonds. The number of nitrogens with zero attached hydrogens (tertiary/aromatic N) is 1. The molecule has 1 aliphatic rings. The van der Waals surface area contributed by atoms with Gasteiger partial charge in [0.05, 0.1) is 6.61 Å². The monoisotopic (exact) mass is 242 g/mol. The third-order valence-electron chi connectivity index (χ3n) is 4.53. The van der Waals surface area contributed by atoms with Crippen molar-refractivity contribution >= 4 is 0 Å². The van der Waals surface area contributed by atoms with Gasteiger partial charge < -0.3 is 10.5 Å². The topological polar surface area (TPSA) is 38.5 Å². The molecular formula is C14H30N2O. The summed E-state index contributed by atoms with van der Waals surface area (Å²) in [6.45, 7) is 9.44. The number of likely N-dealkylation sites (N-methyl/N-ethyl adjacent to an activating group) is 1. The van der Waals surface area contributed by atoms with Crippen LogP contribution in [0.1, 0.15) is 46.5 Å². The second-order valence-corrected chi connectivity index (χ2v) is 5.54. The first-order valence-corrected chi connectivity index (χ1v) is 7.09. The Morgan fingerprint density at radius 2 is 2.18 bits per heavy atom. The molecule has 0 aromatic rings. The molecule has 0 aromatic carbocycles. The van der Waals surface area contributed by atoms with Crippen LogP contribution in [0.25, 0.3) is 0 Å². The van der Waals surface area contributed by atoms with Gasteiger partial charge in [0.1, 0.15) is 0 Å². The maximum atomic E-state index is 6.11. The van der Waals surface area contributed by atoms with E-state index >= 15 is 0 Å². The summed E-state index contributed by atoms with van der Waals surface area (Å²) in [4.78, 5) is 2.58. The smallest absolute Gasteiger partial charge is 0.0615 e. The van der Waals surface area contributed by atoms with Crippen LogP contribution in [-0.4, -0.2) is 43.3 Å². The van der Waals surface area contributed by atoms with E-state index in [1.807, 2.05) is 0 Å². The van der Waals surface area contributed by atoms with Gasteiger partial charge in [0, 0.05) is 25.2 Å². The molecule has 3 atom stereocenters. The molecule has 0 heterocycles. The zero-order valence-electron chi connectivity index (χ0n) is 12.0. The Kier molecular flexibility index (Phi) is 5.90. The van der Waals surface area contributed by atoms with Gasteiger partial charge >= 0.3 is 0 Å². The van der Waals surface area contributed by atoms with Gasteiger partial charge in [-0.05, 0) is 38.6 Å². The lowest BCUT2D eigenvalue weighted by Crippen LogP contribution is -2.56. The Balaban J connectivity index is 2.76. The average molecular weight is 242 g/mol. The second kappa shape index (κ2) is 6.72. The van der Waals surface area contributed by atoms with Gasteiger partial charge in [0.25, 0.3) is 0 Å². The first-order chi connectivity index (χ1) is 8.13. The summed E-state index contributed by atoms with van der Waals surface area (Å²) in [5.74, 6) is 0.863. The average Bonchev–Trinajstić information content (AvgIpc) is 2.75. The van der Waals surface area contributed by atoms with Gasteiger partial charge in [0.15, 0.2) is 0 Å². The minimum atomic E-state index is 0.230. The molecular weight excluding hydrogens is 212 g/mol. The van der Waals surface area contributed by atoms with E-state index in [4.69, 9.17) is 10.5 Å². The molecule has 0 aromatic heterocycles. The highest BCUT2D eigenvalue weighted by Crippen LogP contribution is 2.40. The number of nitrogens with two attached hydrogens (primary N) is 1. The van der Waals surface area contributed by atoms with Crippen molar-refractivity contribution in [3.63, 3.8) is 0 Å². The van der Waals surface area contributed by atoms with Gasteiger partial charge in [-0.2, -0.15) is 0 Å². The van der Waals surface area contributed by atoms with Gasteiger partial charge in [-0.1, -0.05) is 20.3 Å². The maximum absolute atomic E-state index is 6.11. The number of ether oxygens (including phenoxy) is 1. The third-order valence-corrected chi connectivity index (χ3v) is 4.53. The molecule has 3 unspecified atom stereocenters. The summed E-state index contributed by atoms with van der Waals surface area (Å²) in [6, 6.07) is 0.462. The first-order valence-electron chi connectivity index (χ1n) is 7.09. The molecule has 102 valence electrons. The highest BCUT2D eigenvalue weighted by molar-refractivity contribution is 5.00. The van der Waals surface area contributed by atoms with Gasteiger partial charge in [-0.15, -0.1) is 0 Å². The van der Waals surface area contributed by atoms with Crippen molar-refractivity contribution < 1.29 is 4.74 Å². The molecule has 0 spiro atoms. The molecule has 0 aliphatic heterocycles. The van der Waals surface area contributed by atoms with Crippen LogP contribution in [0, 0.1) is 5.92 Å². The number of hydrogen-bond acceptors (Lipinski definition) is 3. The normalized spacial score (nSPS) is 31.1. The van der Waals surface area contributed by atoms with E-state index in [-0.39, 0.29) is 5.54 Å². The van der Waals surface area contributed by atoms with Gasteiger partial charge in [-0.3, -0.25) is 4.90 Å².